The largest absolute Gasteiger partial charge is 0.481 e. The minimum atomic E-state index is -1.48. The van der Waals surface area contributed by atoms with Crippen molar-refractivity contribution in [3.05, 3.63) is 34.9 Å². The molecule has 1 aromatic rings. The highest BCUT2D eigenvalue weighted by molar-refractivity contribution is 6.23. The van der Waals surface area contributed by atoms with Gasteiger partial charge in [0.1, 0.15) is 6.04 Å². The Labute approximate surface area is 119 Å². The van der Waals surface area contributed by atoms with E-state index < -0.39 is 36.2 Å². The van der Waals surface area contributed by atoms with Crippen molar-refractivity contribution >= 4 is 23.8 Å². The Morgan fingerprint density at radius 3 is 2.38 bits per heavy atom. The van der Waals surface area contributed by atoms with E-state index in [0.29, 0.717) is 10.5 Å². The molecule has 2 N–H and O–H groups in total. The standard InChI is InChI=1S/C14H13NO6/c1-7-3-2-4-8-11(7)13(19)15(12(8)18)9(14(20)21)5-6-10(16)17/h2-4,9H,5-6H2,1H3,(H,16,17)(H,20,21). The number of rotatable bonds is 5. The molecular formula is C14H13NO6. The van der Waals surface area contributed by atoms with Gasteiger partial charge < -0.3 is 10.2 Å². The van der Waals surface area contributed by atoms with Crippen LogP contribution < -0.4 is 0 Å². The van der Waals surface area contributed by atoms with Crippen LogP contribution in [0.3, 0.4) is 0 Å². The fourth-order valence-electron chi connectivity index (χ4n) is 2.38. The van der Waals surface area contributed by atoms with Gasteiger partial charge in [-0.1, -0.05) is 12.1 Å². The topological polar surface area (TPSA) is 112 Å². The smallest absolute Gasteiger partial charge is 0.326 e. The van der Waals surface area contributed by atoms with Gasteiger partial charge in [-0.25, -0.2) is 4.79 Å². The molecule has 1 aliphatic rings. The van der Waals surface area contributed by atoms with Crippen LogP contribution in [-0.4, -0.2) is 44.9 Å². The monoisotopic (exact) mass is 291 g/mol. The number of aryl methyl sites for hydroxylation is 1. The minimum absolute atomic E-state index is 0.154. The maximum Gasteiger partial charge on any atom is 0.326 e. The van der Waals surface area contributed by atoms with Crippen molar-refractivity contribution in [1.82, 2.24) is 4.90 Å². The summed E-state index contributed by atoms with van der Waals surface area (Å²) in [6.07, 6.45) is -0.765. The zero-order chi connectivity index (χ0) is 15.7. The van der Waals surface area contributed by atoms with Crippen molar-refractivity contribution < 1.29 is 29.4 Å². The van der Waals surface area contributed by atoms with Gasteiger partial charge in [0.2, 0.25) is 0 Å². The molecule has 0 saturated heterocycles. The number of nitrogens with zero attached hydrogens (tertiary/aromatic N) is 1. The Morgan fingerprint density at radius 2 is 1.86 bits per heavy atom. The van der Waals surface area contributed by atoms with Gasteiger partial charge in [-0.05, 0) is 25.0 Å². The molecule has 0 aliphatic carbocycles. The van der Waals surface area contributed by atoms with E-state index in [2.05, 4.69) is 0 Å². The molecule has 0 aromatic heterocycles. The van der Waals surface area contributed by atoms with Crippen molar-refractivity contribution in [3.63, 3.8) is 0 Å². The second kappa shape index (κ2) is 5.35. The predicted molar refractivity (Wildman–Crippen MR) is 70.0 cm³/mol. The lowest BCUT2D eigenvalue weighted by atomic mass is 10.0. The molecule has 7 heteroatoms. The van der Waals surface area contributed by atoms with Crippen molar-refractivity contribution in [2.45, 2.75) is 25.8 Å². The first-order valence-electron chi connectivity index (χ1n) is 6.26. The highest BCUT2D eigenvalue weighted by atomic mass is 16.4. The average Bonchev–Trinajstić information content (AvgIpc) is 2.64. The summed E-state index contributed by atoms with van der Waals surface area (Å²) in [4.78, 5) is 47.1. The summed E-state index contributed by atoms with van der Waals surface area (Å²) in [6.45, 7) is 1.65. The molecule has 0 fully saturated rings. The van der Waals surface area contributed by atoms with E-state index in [9.17, 15) is 24.3 Å². The average molecular weight is 291 g/mol. The summed E-state index contributed by atoms with van der Waals surface area (Å²) in [6, 6.07) is 3.24. The zero-order valence-electron chi connectivity index (χ0n) is 11.2. The zero-order valence-corrected chi connectivity index (χ0v) is 11.2. The molecule has 0 saturated carbocycles. The predicted octanol–water partition coefficient (Wildman–Crippen LogP) is 0.909. The summed E-state index contributed by atoms with van der Waals surface area (Å²) < 4.78 is 0. The molecule has 0 bridgehead atoms. The van der Waals surface area contributed by atoms with E-state index >= 15 is 0 Å². The molecule has 1 aliphatic heterocycles. The molecule has 0 spiro atoms. The Morgan fingerprint density at radius 1 is 1.19 bits per heavy atom. The summed E-state index contributed by atoms with van der Waals surface area (Å²) in [5.41, 5.74) is 0.918. The van der Waals surface area contributed by atoms with Crippen LogP contribution in [0.15, 0.2) is 18.2 Å². The number of carboxylic acids is 2. The van der Waals surface area contributed by atoms with Gasteiger partial charge in [-0.3, -0.25) is 19.3 Å². The van der Waals surface area contributed by atoms with Gasteiger partial charge in [0.05, 0.1) is 11.1 Å². The number of benzene rings is 1. The first-order chi connectivity index (χ1) is 9.84. The maximum absolute atomic E-state index is 12.3. The number of carbonyl (C=O) groups is 4. The van der Waals surface area contributed by atoms with E-state index in [0.717, 1.165) is 0 Å². The number of fused-ring (bicyclic) bond motifs is 1. The van der Waals surface area contributed by atoms with E-state index in [1.807, 2.05) is 0 Å². The fraction of sp³-hybridized carbons (Fsp3) is 0.286. The van der Waals surface area contributed by atoms with E-state index in [1.165, 1.54) is 6.07 Å². The lowest BCUT2D eigenvalue weighted by Gasteiger charge is -2.21. The molecule has 110 valence electrons. The van der Waals surface area contributed by atoms with E-state index in [4.69, 9.17) is 5.11 Å². The number of hydrogen-bond donors (Lipinski definition) is 2. The lowest BCUT2D eigenvalue weighted by molar-refractivity contribution is -0.142. The second-order valence-electron chi connectivity index (χ2n) is 4.76. The molecular weight excluding hydrogens is 278 g/mol. The molecule has 2 rings (SSSR count). The van der Waals surface area contributed by atoms with Gasteiger partial charge >= 0.3 is 11.9 Å². The van der Waals surface area contributed by atoms with Crippen LogP contribution in [-0.2, 0) is 9.59 Å². The number of amides is 2. The van der Waals surface area contributed by atoms with Crippen LogP contribution in [0.1, 0.15) is 39.1 Å². The quantitative estimate of drug-likeness (QED) is 0.780. The van der Waals surface area contributed by atoms with Crippen LogP contribution in [0.25, 0.3) is 0 Å². The molecule has 21 heavy (non-hydrogen) atoms. The molecule has 7 nitrogen and oxygen atoms in total. The van der Waals surface area contributed by atoms with Crippen molar-refractivity contribution in [3.8, 4) is 0 Å². The summed E-state index contributed by atoms with van der Waals surface area (Å²) in [5, 5.41) is 17.8. The fourth-order valence-corrected chi connectivity index (χ4v) is 2.38. The second-order valence-corrected chi connectivity index (χ2v) is 4.76. The van der Waals surface area contributed by atoms with Crippen molar-refractivity contribution in [2.24, 2.45) is 0 Å². The number of carboxylic acid groups (broad SMARTS) is 2. The van der Waals surface area contributed by atoms with E-state index in [-0.39, 0.29) is 17.5 Å². The van der Waals surface area contributed by atoms with Crippen LogP contribution in [0, 0.1) is 6.92 Å². The van der Waals surface area contributed by atoms with Gasteiger partial charge in [-0.2, -0.15) is 0 Å². The third kappa shape index (κ3) is 2.49. The first kappa shape index (κ1) is 14.7. The summed E-state index contributed by atoms with van der Waals surface area (Å²) >= 11 is 0. The molecule has 1 unspecified atom stereocenters. The molecule has 1 aromatic carbocycles. The normalized spacial score (nSPS) is 15.0. The summed E-state index contributed by atoms with van der Waals surface area (Å²) in [7, 11) is 0. The number of hydrogen-bond acceptors (Lipinski definition) is 4. The number of aliphatic carboxylic acids is 2. The number of carbonyl (C=O) groups excluding carboxylic acids is 2. The third-order valence-corrected chi connectivity index (χ3v) is 3.38. The SMILES string of the molecule is Cc1cccc2c1C(=O)N(C(CCC(=O)O)C(=O)O)C2=O. The van der Waals surface area contributed by atoms with Crippen LogP contribution in [0.5, 0.6) is 0 Å². The maximum atomic E-state index is 12.3. The van der Waals surface area contributed by atoms with E-state index in [1.54, 1.807) is 19.1 Å². The number of imide groups is 1. The Hall–Kier alpha value is -2.70. The molecule has 0 radical (unpaired) electrons. The van der Waals surface area contributed by atoms with Gasteiger partial charge in [0, 0.05) is 6.42 Å². The molecule has 2 amide bonds. The first-order valence-corrected chi connectivity index (χ1v) is 6.26. The Bertz CT molecular complexity index is 651. The third-order valence-electron chi connectivity index (χ3n) is 3.38. The van der Waals surface area contributed by atoms with Crippen LogP contribution in [0.4, 0.5) is 0 Å². The summed E-state index contributed by atoms with van der Waals surface area (Å²) in [5.74, 6) is -3.97. The van der Waals surface area contributed by atoms with Crippen molar-refractivity contribution in [2.75, 3.05) is 0 Å². The Kier molecular flexibility index (Phi) is 3.75. The van der Waals surface area contributed by atoms with Crippen LogP contribution in [0.2, 0.25) is 0 Å². The van der Waals surface area contributed by atoms with Gasteiger partial charge in [0.25, 0.3) is 11.8 Å². The minimum Gasteiger partial charge on any atom is -0.481 e. The van der Waals surface area contributed by atoms with Crippen molar-refractivity contribution in [1.29, 1.82) is 0 Å². The molecule has 1 heterocycles. The lowest BCUT2D eigenvalue weighted by Crippen LogP contribution is -2.45. The molecule has 1 atom stereocenters. The van der Waals surface area contributed by atoms with Crippen LogP contribution >= 0.6 is 0 Å². The van der Waals surface area contributed by atoms with Gasteiger partial charge in [-0.15, -0.1) is 0 Å². The highest BCUT2D eigenvalue weighted by Gasteiger charge is 2.43. The highest BCUT2D eigenvalue weighted by Crippen LogP contribution is 2.28. The Balaban J connectivity index is 2.38. The van der Waals surface area contributed by atoms with Gasteiger partial charge in [0.15, 0.2) is 0 Å².